The smallest absolute Gasteiger partial charge is 0.241 e. The first kappa shape index (κ1) is 15.0. The van der Waals surface area contributed by atoms with Gasteiger partial charge < -0.3 is 16.2 Å². The Kier molecular flexibility index (Phi) is 5.11. The van der Waals surface area contributed by atoms with E-state index in [0.29, 0.717) is 6.54 Å². The number of carbonyl (C=O) groups is 1. The number of hydrogen-bond acceptors (Lipinski definition) is 4. The SMILES string of the molecule is CC(C(=O)Nc1cccc(CN)c1)N1CCCC1CO. The number of carbonyl (C=O) groups excluding carboxylic acids is 1. The second kappa shape index (κ2) is 6.83. The van der Waals surface area contributed by atoms with Crippen LogP contribution in [0.3, 0.4) is 0 Å². The molecule has 1 aromatic rings. The van der Waals surface area contributed by atoms with Crippen molar-refractivity contribution in [3.8, 4) is 0 Å². The van der Waals surface area contributed by atoms with Gasteiger partial charge in [-0.1, -0.05) is 12.1 Å². The zero-order valence-electron chi connectivity index (χ0n) is 11.9. The molecule has 4 N–H and O–H groups in total. The van der Waals surface area contributed by atoms with Crippen LogP contribution in [0, 0.1) is 0 Å². The van der Waals surface area contributed by atoms with Crippen LogP contribution in [0.2, 0.25) is 0 Å². The van der Waals surface area contributed by atoms with Crippen LogP contribution in [-0.2, 0) is 11.3 Å². The molecule has 0 aromatic heterocycles. The first-order valence-electron chi connectivity index (χ1n) is 7.12. The lowest BCUT2D eigenvalue weighted by Crippen LogP contribution is -2.45. The fourth-order valence-corrected chi connectivity index (χ4v) is 2.74. The molecule has 0 saturated carbocycles. The first-order valence-corrected chi connectivity index (χ1v) is 7.12. The van der Waals surface area contributed by atoms with Crippen molar-refractivity contribution in [2.45, 2.75) is 38.4 Å². The Labute approximate surface area is 119 Å². The third-order valence-corrected chi connectivity index (χ3v) is 3.94. The fraction of sp³-hybridized carbons (Fsp3) is 0.533. The minimum Gasteiger partial charge on any atom is -0.395 e. The molecule has 0 spiro atoms. The number of hydrogen-bond donors (Lipinski definition) is 3. The van der Waals surface area contributed by atoms with Gasteiger partial charge in [0.05, 0.1) is 12.6 Å². The number of amides is 1. The van der Waals surface area contributed by atoms with E-state index in [9.17, 15) is 9.90 Å². The third-order valence-electron chi connectivity index (χ3n) is 3.94. The summed E-state index contributed by atoms with van der Waals surface area (Å²) in [5.41, 5.74) is 7.36. The quantitative estimate of drug-likeness (QED) is 0.748. The van der Waals surface area contributed by atoms with Gasteiger partial charge in [0.15, 0.2) is 0 Å². The van der Waals surface area contributed by atoms with E-state index in [0.717, 1.165) is 30.6 Å². The highest BCUT2D eigenvalue weighted by molar-refractivity contribution is 5.94. The Hall–Kier alpha value is -1.43. The minimum atomic E-state index is -0.240. The van der Waals surface area contributed by atoms with E-state index in [2.05, 4.69) is 10.2 Å². The van der Waals surface area contributed by atoms with Crippen LogP contribution in [0.15, 0.2) is 24.3 Å². The number of anilines is 1. The molecule has 1 amide bonds. The van der Waals surface area contributed by atoms with Gasteiger partial charge in [-0.15, -0.1) is 0 Å². The molecule has 1 heterocycles. The summed E-state index contributed by atoms with van der Waals surface area (Å²) in [5, 5.41) is 12.3. The van der Waals surface area contributed by atoms with Crippen molar-refractivity contribution in [2.24, 2.45) is 5.73 Å². The van der Waals surface area contributed by atoms with E-state index in [1.54, 1.807) is 0 Å². The number of benzene rings is 1. The fourth-order valence-electron chi connectivity index (χ4n) is 2.74. The van der Waals surface area contributed by atoms with Gasteiger partial charge in [0, 0.05) is 18.3 Å². The molecule has 2 rings (SSSR count). The second-order valence-electron chi connectivity index (χ2n) is 5.29. The molecular formula is C15H23N3O2. The molecule has 0 aliphatic carbocycles. The highest BCUT2D eigenvalue weighted by atomic mass is 16.3. The first-order chi connectivity index (χ1) is 9.65. The molecule has 0 radical (unpaired) electrons. The second-order valence-corrected chi connectivity index (χ2v) is 5.29. The Morgan fingerprint density at radius 1 is 1.60 bits per heavy atom. The van der Waals surface area contributed by atoms with Gasteiger partial charge in [0.2, 0.25) is 5.91 Å². The van der Waals surface area contributed by atoms with Gasteiger partial charge in [-0.2, -0.15) is 0 Å². The third kappa shape index (κ3) is 3.36. The largest absolute Gasteiger partial charge is 0.395 e. The normalized spacial score (nSPS) is 20.9. The summed E-state index contributed by atoms with van der Waals surface area (Å²) >= 11 is 0. The van der Waals surface area contributed by atoms with Crippen molar-refractivity contribution >= 4 is 11.6 Å². The van der Waals surface area contributed by atoms with E-state index < -0.39 is 0 Å². The number of nitrogens with one attached hydrogen (secondary N) is 1. The van der Waals surface area contributed by atoms with Crippen molar-refractivity contribution in [3.05, 3.63) is 29.8 Å². The topological polar surface area (TPSA) is 78.6 Å². The summed E-state index contributed by atoms with van der Waals surface area (Å²) < 4.78 is 0. The monoisotopic (exact) mass is 277 g/mol. The molecule has 110 valence electrons. The lowest BCUT2D eigenvalue weighted by atomic mass is 10.1. The lowest BCUT2D eigenvalue weighted by Gasteiger charge is -2.28. The average molecular weight is 277 g/mol. The van der Waals surface area contributed by atoms with Crippen LogP contribution in [0.25, 0.3) is 0 Å². The van der Waals surface area contributed by atoms with Crippen molar-refractivity contribution in [1.82, 2.24) is 4.90 Å². The van der Waals surface area contributed by atoms with Crippen LogP contribution in [0.5, 0.6) is 0 Å². The summed E-state index contributed by atoms with van der Waals surface area (Å²) in [5.74, 6) is -0.0421. The van der Waals surface area contributed by atoms with E-state index in [-0.39, 0.29) is 24.6 Å². The van der Waals surface area contributed by atoms with Crippen molar-refractivity contribution in [3.63, 3.8) is 0 Å². The number of aliphatic hydroxyl groups excluding tert-OH is 1. The molecule has 1 aliphatic rings. The Morgan fingerprint density at radius 3 is 3.10 bits per heavy atom. The molecule has 20 heavy (non-hydrogen) atoms. The van der Waals surface area contributed by atoms with E-state index >= 15 is 0 Å². The Morgan fingerprint density at radius 2 is 2.40 bits per heavy atom. The van der Waals surface area contributed by atoms with E-state index in [1.807, 2.05) is 31.2 Å². The lowest BCUT2D eigenvalue weighted by molar-refractivity contribution is -0.121. The standard InChI is InChI=1S/C15H23N3O2/c1-11(18-7-3-6-14(18)10-19)15(20)17-13-5-2-4-12(8-13)9-16/h2,4-5,8,11,14,19H,3,6-7,9-10,16H2,1H3,(H,17,20). The van der Waals surface area contributed by atoms with Gasteiger partial charge in [-0.25, -0.2) is 0 Å². The van der Waals surface area contributed by atoms with Crippen LogP contribution < -0.4 is 11.1 Å². The number of likely N-dealkylation sites (tertiary alicyclic amines) is 1. The minimum absolute atomic E-state index is 0.0421. The van der Waals surface area contributed by atoms with Crippen LogP contribution in [0.1, 0.15) is 25.3 Å². The number of nitrogens with two attached hydrogens (primary N) is 1. The van der Waals surface area contributed by atoms with Gasteiger partial charge in [-0.3, -0.25) is 9.69 Å². The zero-order chi connectivity index (χ0) is 14.5. The maximum absolute atomic E-state index is 12.3. The summed E-state index contributed by atoms with van der Waals surface area (Å²) in [4.78, 5) is 14.4. The van der Waals surface area contributed by atoms with Crippen molar-refractivity contribution < 1.29 is 9.90 Å². The van der Waals surface area contributed by atoms with Gasteiger partial charge >= 0.3 is 0 Å². The predicted octanol–water partition coefficient (Wildman–Crippen LogP) is 0.929. The maximum atomic E-state index is 12.3. The molecule has 2 atom stereocenters. The average Bonchev–Trinajstić information content (AvgIpc) is 2.95. The zero-order valence-corrected chi connectivity index (χ0v) is 11.9. The molecule has 1 saturated heterocycles. The summed E-state index contributed by atoms with van der Waals surface area (Å²) in [6.45, 7) is 3.32. The summed E-state index contributed by atoms with van der Waals surface area (Å²) in [7, 11) is 0. The number of aliphatic hydroxyl groups is 1. The van der Waals surface area contributed by atoms with Crippen LogP contribution in [0.4, 0.5) is 5.69 Å². The van der Waals surface area contributed by atoms with Gasteiger partial charge in [0.1, 0.15) is 0 Å². The van der Waals surface area contributed by atoms with E-state index in [4.69, 9.17) is 5.73 Å². The number of rotatable bonds is 5. The molecule has 1 aromatic carbocycles. The molecule has 2 unspecified atom stereocenters. The molecule has 0 bridgehead atoms. The maximum Gasteiger partial charge on any atom is 0.241 e. The van der Waals surface area contributed by atoms with Crippen molar-refractivity contribution in [2.75, 3.05) is 18.5 Å². The molecule has 5 heteroatoms. The van der Waals surface area contributed by atoms with Crippen LogP contribution in [-0.4, -0.2) is 41.1 Å². The van der Waals surface area contributed by atoms with Gasteiger partial charge in [0.25, 0.3) is 0 Å². The van der Waals surface area contributed by atoms with Crippen LogP contribution >= 0.6 is 0 Å². The Bertz CT molecular complexity index is 464. The highest BCUT2D eigenvalue weighted by Gasteiger charge is 2.31. The molecular weight excluding hydrogens is 254 g/mol. The highest BCUT2D eigenvalue weighted by Crippen LogP contribution is 2.20. The molecule has 5 nitrogen and oxygen atoms in total. The molecule has 1 fully saturated rings. The van der Waals surface area contributed by atoms with Crippen molar-refractivity contribution in [1.29, 1.82) is 0 Å². The van der Waals surface area contributed by atoms with Gasteiger partial charge in [-0.05, 0) is 44.0 Å². The summed E-state index contributed by atoms with van der Waals surface area (Å²) in [6, 6.07) is 7.42. The van der Waals surface area contributed by atoms with E-state index in [1.165, 1.54) is 0 Å². The molecule has 1 aliphatic heterocycles. The number of nitrogens with zero attached hydrogens (tertiary/aromatic N) is 1. The predicted molar refractivity (Wildman–Crippen MR) is 79.2 cm³/mol. The Balaban J connectivity index is 2.00. The summed E-state index contributed by atoms with van der Waals surface area (Å²) in [6.07, 6.45) is 1.99.